The van der Waals surface area contributed by atoms with E-state index < -0.39 is 0 Å². The van der Waals surface area contributed by atoms with E-state index in [4.69, 9.17) is 9.72 Å². The summed E-state index contributed by atoms with van der Waals surface area (Å²) in [5.74, 6) is 1.86. The number of nitrogens with zero attached hydrogens (tertiary/aromatic N) is 4. The Balaban J connectivity index is 1.54. The first-order valence-electron chi connectivity index (χ1n) is 8.77. The molecule has 0 aliphatic carbocycles. The highest BCUT2D eigenvalue weighted by molar-refractivity contribution is 7.16. The van der Waals surface area contributed by atoms with E-state index in [2.05, 4.69) is 33.2 Å². The third-order valence-corrected chi connectivity index (χ3v) is 5.55. The summed E-state index contributed by atoms with van der Waals surface area (Å²) in [6.45, 7) is 5.41. The molecule has 0 unspecified atom stereocenters. The van der Waals surface area contributed by atoms with Gasteiger partial charge >= 0.3 is 0 Å². The van der Waals surface area contributed by atoms with Crippen molar-refractivity contribution in [2.24, 2.45) is 0 Å². The molecule has 5 nitrogen and oxygen atoms in total. The van der Waals surface area contributed by atoms with Crippen LogP contribution in [0.15, 0.2) is 29.6 Å². The SMILES string of the molecule is CCc1nc(N2CCN(c3ccc(OC)c(F)c3)CC2)c2ccsc2n1. The van der Waals surface area contributed by atoms with Crippen molar-refractivity contribution in [3.63, 3.8) is 0 Å². The number of thiophene rings is 1. The molecule has 1 aromatic carbocycles. The summed E-state index contributed by atoms with van der Waals surface area (Å²) < 4.78 is 19.0. The number of piperazine rings is 1. The Morgan fingerprint density at radius 1 is 1.12 bits per heavy atom. The zero-order valence-electron chi connectivity index (χ0n) is 14.9. The lowest BCUT2D eigenvalue weighted by Crippen LogP contribution is -2.47. The zero-order chi connectivity index (χ0) is 18.1. The van der Waals surface area contributed by atoms with Gasteiger partial charge in [-0.3, -0.25) is 0 Å². The highest BCUT2D eigenvalue weighted by Gasteiger charge is 2.22. The molecule has 3 aromatic rings. The smallest absolute Gasteiger partial charge is 0.167 e. The standard InChI is InChI=1S/C19H21FN4OS/c1-3-17-21-18(14-6-11-26-19(14)22-17)24-9-7-23(8-10-24)13-4-5-16(25-2)15(20)12-13/h4-6,11-12H,3,7-10H2,1-2H3. The fraction of sp³-hybridized carbons (Fsp3) is 0.368. The van der Waals surface area contributed by atoms with E-state index in [1.165, 1.54) is 7.11 Å². The van der Waals surface area contributed by atoms with E-state index >= 15 is 0 Å². The molecule has 4 rings (SSSR count). The van der Waals surface area contributed by atoms with Crippen molar-refractivity contribution >= 4 is 33.1 Å². The number of rotatable bonds is 4. The number of hydrogen-bond acceptors (Lipinski definition) is 6. The fourth-order valence-electron chi connectivity index (χ4n) is 3.31. The van der Waals surface area contributed by atoms with Crippen LogP contribution in [-0.4, -0.2) is 43.3 Å². The molecule has 26 heavy (non-hydrogen) atoms. The second-order valence-electron chi connectivity index (χ2n) is 6.25. The maximum atomic E-state index is 14.0. The Hall–Kier alpha value is -2.41. The Morgan fingerprint density at radius 3 is 2.58 bits per heavy atom. The summed E-state index contributed by atoms with van der Waals surface area (Å²) in [6.07, 6.45) is 0.825. The van der Waals surface area contributed by atoms with Crippen LogP contribution in [0.5, 0.6) is 5.75 Å². The molecule has 2 aromatic heterocycles. The topological polar surface area (TPSA) is 41.5 Å². The summed E-state index contributed by atoms with van der Waals surface area (Å²) >= 11 is 1.66. The maximum Gasteiger partial charge on any atom is 0.167 e. The molecule has 0 bridgehead atoms. The van der Waals surface area contributed by atoms with Gasteiger partial charge in [0.15, 0.2) is 11.6 Å². The molecule has 136 valence electrons. The molecule has 1 saturated heterocycles. The maximum absolute atomic E-state index is 14.0. The van der Waals surface area contributed by atoms with Crippen LogP contribution in [0, 0.1) is 5.82 Å². The highest BCUT2D eigenvalue weighted by Crippen LogP contribution is 2.30. The van der Waals surface area contributed by atoms with Gasteiger partial charge in [-0.1, -0.05) is 6.92 Å². The molecule has 7 heteroatoms. The number of halogens is 1. The molecule has 0 N–H and O–H groups in total. The van der Waals surface area contributed by atoms with Crippen molar-refractivity contribution in [2.75, 3.05) is 43.1 Å². The van der Waals surface area contributed by atoms with Gasteiger partial charge in [-0.05, 0) is 23.6 Å². The monoisotopic (exact) mass is 372 g/mol. The van der Waals surface area contributed by atoms with Gasteiger partial charge < -0.3 is 14.5 Å². The Bertz CT molecular complexity index is 921. The van der Waals surface area contributed by atoms with Crippen LogP contribution in [0.3, 0.4) is 0 Å². The molecule has 1 aliphatic heterocycles. The molecule has 0 atom stereocenters. The lowest BCUT2D eigenvalue weighted by atomic mass is 10.2. The average Bonchev–Trinajstić information content (AvgIpc) is 3.16. The zero-order valence-corrected chi connectivity index (χ0v) is 15.7. The van der Waals surface area contributed by atoms with E-state index in [1.807, 2.05) is 6.07 Å². The van der Waals surface area contributed by atoms with E-state index in [1.54, 1.807) is 23.5 Å². The lowest BCUT2D eigenvalue weighted by Gasteiger charge is -2.37. The molecule has 0 spiro atoms. The van der Waals surface area contributed by atoms with E-state index in [-0.39, 0.29) is 11.6 Å². The van der Waals surface area contributed by atoms with Gasteiger partial charge in [-0.25, -0.2) is 14.4 Å². The van der Waals surface area contributed by atoms with Crippen LogP contribution in [0.4, 0.5) is 15.9 Å². The van der Waals surface area contributed by atoms with E-state index in [0.717, 1.165) is 60.1 Å². The molecule has 3 heterocycles. The normalized spacial score (nSPS) is 14.9. The Kier molecular flexibility index (Phi) is 4.63. The molecular weight excluding hydrogens is 351 g/mol. The first-order valence-corrected chi connectivity index (χ1v) is 9.65. The van der Waals surface area contributed by atoms with Gasteiger partial charge in [0.25, 0.3) is 0 Å². The minimum absolute atomic E-state index is 0.278. The number of benzene rings is 1. The highest BCUT2D eigenvalue weighted by atomic mass is 32.1. The number of aryl methyl sites for hydroxylation is 1. The summed E-state index contributed by atoms with van der Waals surface area (Å²) in [7, 11) is 1.48. The summed E-state index contributed by atoms with van der Waals surface area (Å²) in [6, 6.07) is 7.24. The number of ether oxygens (including phenoxy) is 1. The summed E-state index contributed by atoms with van der Waals surface area (Å²) in [5, 5.41) is 3.19. The number of hydrogen-bond donors (Lipinski definition) is 0. The van der Waals surface area contributed by atoms with Crippen molar-refractivity contribution in [2.45, 2.75) is 13.3 Å². The predicted molar refractivity (Wildman–Crippen MR) is 104 cm³/mol. The van der Waals surface area contributed by atoms with Crippen molar-refractivity contribution in [3.8, 4) is 5.75 Å². The molecular formula is C19H21FN4OS. The first kappa shape index (κ1) is 17.0. The third-order valence-electron chi connectivity index (χ3n) is 4.75. The van der Waals surface area contributed by atoms with Crippen LogP contribution in [0.1, 0.15) is 12.7 Å². The largest absolute Gasteiger partial charge is 0.494 e. The van der Waals surface area contributed by atoms with Crippen LogP contribution in [-0.2, 0) is 6.42 Å². The van der Waals surface area contributed by atoms with Crippen LogP contribution >= 0.6 is 11.3 Å². The van der Waals surface area contributed by atoms with Gasteiger partial charge in [0.05, 0.1) is 12.5 Å². The molecule has 1 fully saturated rings. The minimum Gasteiger partial charge on any atom is -0.494 e. The minimum atomic E-state index is -0.323. The molecule has 1 aliphatic rings. The van der Waals surface area contributed by atoms with Gasteiger partial charge in [0.1, 0.15) is 16.5 Å². The van der Waals surface area contributed by atoms with Crippen molar-refractivity contribution in [1.29, 1.82) is 0 Å². The quantitative estimate of drug-likeness (QED) is 0.698. The van der Waals surface area contributed by atoms with Crippen LogP contribution in [0.25, 0.3) is 10.2 Å². The number of anilines is 2. The summed E-state index contributed by atoms with van der Waals surface area (Å²) in [5.41, 5.74) is 0.889. The van der Waals surface area contributed by atoms with Crippen molar-refractivity contribution < 1.29 is 9.13 Å². The first-order chi connectivity index (χ1) is 12.7. The van der Waals surface area contributed by atoms with Crippen molar-refractivity contribution in [3.05, 3.63) is 41.3 Å². The number of aromatic nitrogens is 2. The summed E-state index contributed by atoms with van der Waals surface area (Å²) in [4.78, 5) is 15.0. The number of fused-ring (bicyclic) bond motifs is 1. The van der Waals surface area contributed by atoms with E-state index in [0.29, 0.717) is 0 Å². The van der Waals surface area contributed by atoms with Gasteiger partial charge in [0, 0.05) is 44.4 Å². The number of methoxy groups -OCH3 is 1. The van der Waals surface area contributed by atoms with Crippen molar-refractivity contribution in [1.82, 2.24) is 9.97 Å². The molecule has 0 radical (unpaired) electrons. The second-order valence-corrected chi connectivity index (χ2v) is 7.14. The predicted octanol–water partition coefficient (Wildman–Crippen LogP) is 3.73. The lowest BCUT2D eigenvalue weighted by molar-refractivity contribution is 0.386. The third kappa shape index (κ3) is 3.07. The average molecular weight is 372 g/mol. The fourth-order valence-corrected chi connectivity index (χ4v) is 4.09. The second kappa shape index (κ2) is 7.07. The Morgan fingerprint density at radius 2 is 1.88 bits per heavy atom. The van der Waals surface area contributed by atoms with E-state index in [9.17, 15) is 4.39 Å². The Labute approximate surface area is 156 Å². The molecule has 0 amide bonds. The van der Waals surface area contributed by atoms with Gasteiger partial charge in [-0.2, -0.15) is 0 Å². The van der Waals surface area contributed by atoms with Crippen LogP contribution < -0.4 is 14.5 Å². The van der Waals surface area contributed by atoms with Gasteiger partial charge in [-0.15, -0.1) is 11.3 Å². The van der Waals surface area contributed by atoms with Gasteiger partial charge in [0.2, 0.25) is 0 Å². The van der Waals surface area contributed by atoms with Crippen LogP contribution in [0.2, 0.25) is 0 Å². The molecule has 0 saturated carbocycles.